The largest absolute Gasteiger partial charge is 0.454 e. The van der Waals surface area contributed by atoms with Crippen LogP contribution in [0.2, 0.25) is 5.02 Å². The van der Waals surface area contributed by atoms with E-state index in [1.165, 1.54) is 6.07 Å². The van der Waals surface area contributed by atoms with Gasteiger partial charge in [-0.2, -0.15) is 0 Å². The summed E-state index contributed by atoms with van der Waals surface area (Å²) in [6.45, 7) is 2.55. The fourth-order valence-electron chi connectivity index (χ4n) is 3.44. The van der Waals surface area contributed by atoms with Crippen molar-refractivity contribution in [3.05, 3.63) is 69.2 Å². The van der Waals surface area contributed by atoms with Gasteiger partial charge >= 0.3 is 5.97 Å². The Hall–Kier alpha value is -2.93. The molecule has 1 aliphatic rings. The fourth-order valence-corrected chi connectivity index (χ4v) is 3.63. The maximum Gasteiger partial charge on any atom is 0.309 e. The molecule has 29 heavy (non-hydrogen) atoms. The number of esters is 1. The van der Waals surface area contributed by atoms with E-state index in [2.05, 4.69) is 0 Å². The van der Waals surface area contributed by atoms with Gasteiger partial charge in [0.05, 0.1) is 10.8 Å². The van der Waals surface area contributed by atoms with E-state index >= 15 is 0 Å². The molecule has 1 aliphatic heterocycles. The number of ether oxygens (including phenoxy) is 1. The van der Waals surface area contributed by atoms with Gasteiger partial charge in [0.2, 0.25) is 5.78 Å². The smallest absolute Gasteiger partial charge is 0.309 e. The molecule has 0 saturated carbocycles. The SMILES string of the molecule is CC(OC(=O)C1CCN(c2ccccc2[N+](=O)[O-])CC1)C(=O)c1cccc(Cl)c1. The molecule has 2 aromatic carbocycles. The van der Waals surface area contributed by atoms with E-state index in [-0.39, 0.29) is 17.4 Å². The number of rotatable bonds is 6. The van der Waals surface area contributed by atoms with E-state index in [9.17, 15) is 19.7 Å². The number of Topliss-reactive ketones (excluding diaryl/α,β-unsaturated/α-hetero) is 1. The summed E-state index contributed by atoms with van der Waals surface area (Å²) in [6, 6.07) is 13.1. The molecular formula is C21H21ClN2O5. The summed E-state index contributed by atoms with van der Waals surface area (Å²) in [4.78, 5) is 37.7. The highest BCUT2D eigenvalue weighted by Gasteiger charge is 2.31. The number of anilines is 1. The quantitative estimate of drug-likeness (QED) is 0.302. The first-order valence-electron chi connectivity index (χ1n) is 9.35. The molecule has 1 fully saturated rings. The number of benzene rings is 2. The first-order chi connectivity index (χ1) is 13.9. The molecule has 3 rings (SSSR count). The van der Waals surface area contributed by atoms with Gasteiger partial charge in [0.25, 0.3) is 5.69 Å². The summed E-state index contributed by atoms with van der Waals surface area (Å²) in [5.74, 6) is -1.07. The van der Waals surface area contributed by atoms with Crippen LogP contribution in [0.4, 0.5) is 11.4 Å². The lowest BCUT2D eigenvalue weighted by atomic mass is 9.96. The normalized spacial score (nSPS) is 15.6. The van der Waals surface area contributed by atoms with Gasteiger partial charge in [-0.05, 0) is 38.0 Å². The molecule has 8 heteroatoms. The zero-order valence-corrected chi connectivity index (χ0v) is 16.7. The van der Waals surface area contributed by atoms with Crippen molar-refractivity contribution in [2.45, 2.75) is 25.9 Å². The Morgan fingerprint density at radius 1 is 1.17 bits per heavy atom. The zero-order chi connectivity index (χ0) is 21.0. The lowest BCUT2D eigenvalue weighted by Crippen LogP contribution is -2.38. The highest BCUT2D eigenvalue weighted by molar-refractivity contribution is 6.31. The van der Waals surface area contributed by atoms with Gasteiger partial charge in [-0.1, -0.05) is 35.9 Å². The maximum atomic E-state index is 12.5. The monoisotopic (exact) mass is 416 g/mol. The average molecular weight is 417 g/mol. The lowest BCUT2D eigenvalue weighted by molar-refractivity contribution is -0.384. The number of ketones is 1. The molecule has 0 aromatic heterocycles. The van der Waals surface area contributed by atoms with Gasteiger partial charge in [-0.15, -0.1) is 0 Å². The number of nitro benzene ring substituents is 1. The third-order valence-corrected chi connectivity index (χ3v) is 5.25. The van der Waals surface area contributed by atoms with Crippen LogP contribution in [-0.4, -0.2) is 35.9 Å². The van der Waals surface area contributed by atoms with Crippen LogP contribution in [0.3, 0.4) is 0 Å². The van der Waals surface area contributed by atoms with E-state index < -0.39 is 17.0 Å². The second-order valence-corrected chi connectivity index (χ2v) is 7.40. The van der Waals surface area contributed by atoms with Crippen LogP contribution < -0.4 is 4.90 Å². The van der Waals surface area contributed by atoms with Crippen molar-refractivity contribution >= 4 is 34.7 Å². The molecule has 0 spiro atoms. The third-order valence-electron chi connectivity index (χ3n) is 5.02. The molecule has 0 radical (unpaired) electrons. The van der Waals surface area contributed by atoms with Crippen molar-refractivity contribution < 1.29 is 19.2 Å². The van der Waals surface area contributed by atoms with E-state index in [0.29, 0.717) is 42.2 Å². The Labute approximate surface area is 173 Å². The van der Waals surface area contributed by atoms with Crippen molar-refractivity contribution in [1.82, 2.24) is 0 Å². The van der Waals surface area contributed by atoms with Gasteiger partial charge in [0, 0.05) is 29.7 Å². The van der Waals surface area contributed by atoms with Crippen molar-refractivity contribution in [2.24, 2.45) is 5.92 Å². The predicted molar refractivity (Wildman–Crippen MR) is 109 cm³/mol. The summed E-state index contributed by atoms with van der Waals surface area (Å²) in [5.41, 5.74) is 0.993. The van der Waals surface area contributed by atoms with Crippen LogP contribution in [0.1, 0.15) is 30.1 Å². The first-order valence-corrected chi connectivity index (χ1v) is 9.73. The van der Waals surface area contributed by atoms with Gasteiger partial charge in [0.15, 0.2) is 6.10 Å². The Bertz CT molecular complexity index is 925. The molecule has 2 aromatic rings. The number of piperidine rings is 1. The van der Waals surface area contributed by atoms with Crippen molar-refractivity contribution in [3.63, 3.8) is 0 Å². The molecule has 1 saturated heterocycles. The molecule has 1 unspecified atom stereocenters. The molecule has 1 atom stereocenters. The maximum absolute atomic E-state index is 12.5. The number of para-hydroxylation sites is 2. The fraction of sp³-hybridized carbons (Fsp3) is 0.333. The number of halogens is 1. The molecule has 0 aliphatic carbocycles. The number of carbonyl (C=O) groups is 2. The number of hydrogen-bond acceptors (Lipinski definition) is 6. The Kier molecular flexibility index (Phi) is 6.49. The molecule has 0 bridgehead atoms. The average Bonchev–Trinajstić information content (AvgIpc) is 2.73. The van der Waals surface area contributed by atoms with E-state index in [1.54, 1.807) is 49.4 Å². The van der Waals surface area contributed by atoms with Crippen LogP contribution in [0.5, 0.6) is 0 Å². The topological polar surface area (TPSA) is 89.8 Å². The van der Waals surface area contributed by atoms with E-state index in [0.717, 1.165) is 0 Å². The minimum atomic E-state index is -0.908. The Balaban J connectivity index is 1.58. The lowest BCUT2D eigenvalue weighted by Gasteiger charge is -2.32. The van der Waals surface area contributed by atoms with Gasteiger partial charge in [-0.3, -0.25) is 19.7 Å². The standard InChI is InChI=1S/C21H21ClN2O5/c1-14(20(25)16-5-4-6-17(22)13-16)29-21(26)15-9-11-23(12-10-15)18-7-2-3-8-19(18)24(27)28/h2-8,13-15H,9-12H2,1H3. The predicted octanol–water partition coefficient (Wildman–Crippen LogP) is 4.28. The number of hydrogen-bond donors (Lipinski definition) is 0. The summed E-state index contributed by atoms with van der Waals surface area (Å²) in [6.07, 6.45) is 0.0977. The molecule has 152 valence electrons. The second-order valence-electron chi connectivity index (χ2n) is 6.96. The number of carbonyl (C=O) groups excluding carboxylic acids is 2. The first kappa shape index (κ1) is 20.8. The van der Waals surface area contributed by atoms with Gasteiger partial charge in [-0.25, -0.2) is 0 Å². The van der Waals surface area contributed by atoms with Crippen LogP contribution in [-0.2, 0) is 9.53 Å². The summed E-state index contributed by atoms with van der Waals surface area (Å²) >= 11 is 5.91. The molecule has 0 N–H and O–H groups in total. The van der Waals surface area contributed by atoms with Gasteiger partial charge in [0.1, 0.15) is 5.69 Å². The molecule has 7 nitrogen and oxygen atoms in total. The Morgan fingerprint density at radius 3 is 2.52 bits per heavy atom. The zero-order valence-electron chi connectivity index (χ0n) is 15.9. The minimum Gasteiger partial charge on any atom is -0.454 e. The molecule has 0 amide bonds. The van der Waals surface area contributed by atoms with Crippen LogP contribution in [0.25, 0.3) is 0 Å². The van der Waals surface area contributed by atoms with Crippen LogP contribution in [0.15, 0.2) is 48.5 Å². The van der Waals surface area contributed by atoms with E-state index in [1.807, 2.05) is 4.90 Å². The highest BCUT2D eigenvalue weighted by Crippen LogP contribution is 2.31. The summed E-state index contributed by atoms with van der Waals surface area (Å²) in [5, 5.41) is 11.7. The van der Waals surface area contributed by atoms with Crippen LogP contribution >= 0.6 is 11.6 Å². The number of nitrogens with zero attached hydrogens (tertiary/aromatic N) is 2. The van der Waals surface area contributed by atoms with Crippen molar-refractivity contribution in [1.29, 1.82) is 0 Å². The Morgan fingerprint density at radius 2 is 1.86 bits per heavy atom. The number of nitro groups is 1. The van der Waals surface area contributed by atoms with Gasteiger partial charge < -0.3 is 9.64 Å². The summed E-state index contributed by atoms with van der Waals surface area (Å²) < 4.78 is 5.39. The van der Waals surface area contributed by atoms with E-state index in [4.69, 9.17) is 16.3 Å². The van der Waals surface area contributed by atoms with Crippen LogP contribution in [0, 0.1) is 16.0 Å². The summed E-state index contributed by atoms with van der Waals surface area (Å²) in [7, 11) is 0. The molecular weight excluding hydrogens is 396 g/mol. The second kappa shape index (κ2) is 9.05. The van der Waals surface area contributed by atoms with Crippen molar-refractivity contribution in [3.8, 4) is 0 Å². The highest BCUT2D eigenvalue weighted by atomic mass is 35.5. The molecule has 1 heterocycles. The minimum absolute atomic E-state index is 0.0502. The van der Waals surface area contributed by atoms with Crippen molar-refractivity contribution in [2.75, 3.05) is 18.0 Å². The third kappa shape index (κ3) is 4.92.